The van der Waals surface area contributed by atoms with E-state index in [-0.39, 0.29) is 12.1 Å². The van der Waals surface area contributed by atoms with E-state index in [0.29, 0.717) is 6.42 Å². The summed E-state index contributed by atoms with van der Waals surface area (Å²) >= 11 is 0. The summed E-state index contributed by atoms with van der Waals surface area (Å²) in [5, 5.41) is 8.50. The van der Waals surface area contributed by atoms with Crippen LogP contribution in [-0.2, 0) is 14.3 Å². The van der Waals surface area contributed by atoms with E-state index in [2.05, 4.69) is 0 Å². The first-order chi connectivity index (χ1) is 5.52. The molecule has 1 aliphatic rings. The van der Waals surface area contributed by atoms with Gasteiger partial charge in [0.2, 0.25) is 0 Å². The zero-order chi connectivity index (χ0) is 9.30. The van der Waals surface area contributed by atoms with Crippen molar-refractivity contribution in [2.24, 2.45) is 11.8 Å². The minimum atomic E-state index is -0.902. The van der Waals surface area contributed by atoms with Gasteiger partial charge in [-0.2, -0.15) is 0 Å². The average Bonchev–Trinajstić information content (AvgIpc) is 2.61. The van der Waals surface area contributed by atoms with Crippen LogP contribution in [-0.4, -0.2) is 23.1 Å². The number of esters is 1. The molecule has 0 bridgehead atoms. The summed E-state index contributed by atoms with van der Waals surface area (Å²) in [7, 11) is 0. The van der Waals surface area contributed by atoms with Gasteiger partial charge in [-0.3, -0.25) is 9.59 Å². The SMILES string of the molecule is CC(C)OC(=O)[C@H]1C[C@@H]1C(=O)O. The molecule has 0 saturated heterocycles. The molecule has 0 aromatic rings. The van der Waals surface area contributed by atoms with Crippen molar-refractivity contribution < 1.29 is 19.4 Å². The van der Waals surface area contributed by atoms with Crippen molar-refractivity contribution >= 4 is 11.9 Å². The molecular weight excluding hydrogens is 160 g/mol. The standard InChI is InChI=1S/C8H12O4/c1-4(2)12-8(11)6-3-5(6)7(9)10/h4-6H,3H2,1-2H3,(H,9,10)/t5-,6-/m0/s1. The van der Waals surface area contributed by atoms with E-state index in [9.17, 15) is 9.59 Å². The number of hydrogen-bond donors (Lipinski definition) is 1. The number of rotatable bonds is 3. The summed E-state index contributed by atoms with van der Waals surface area (Å²) in [5.41, 5.74) is 0. The molecule has 1 fully saturated rings. The summed E-state index contributed by atoms with van der Waals surface area (Å²) in [4.78, 5) is 21.4. The minimum absolute atomic E-state index is 0.160. The third-order valence-electron chi connectivity index (χ3n) is 1.76. The van der Waals surface area contributed by atoms with E-state index in [4.69, 9.17) is 9.84 Å². The monoisotopic (exact) mass is 172 g/mol. The third kappa shape index (κ3) is 1.96. The average molecular weight is 172 g/mol. The van der Waals surface area contributed by atoms with E-state index in [1.54, 1.807) is 13.8 Å². The van der Waals surface area contributed by atoms with Gasteiger partial charge in [0.05, 0.1) is 17.9 Å². The van der Waals surface area contributed by atoms with Crippen LogP contribution in [0.15, 0.2) is 0 Å². The number of carbonyl (C=O) groups is 2. The first-order valence-corrected chi connectivity index (χ1v) is 3.95. The summed E-state index contributed by atoms with van der Waals surface area (Å²) in [6, 6.07) is 0. The van der Waals surface area contributed by atoms with Gasteiger partial charge in [-0.1, -0.05) is 0 Å². The molecular formula is C8H12O4. The number of ether oxygens (including phenoxy) is 1. The maximum atomic E-state index is 11.0. The van der Waals surface area contributed by atoms with Crippen molar-refractivity contribution in [2.75, 3.05) is 0 Å². The number of hydrogen-bond acceptors (Lipinski definition) is 3. The Morgan fingerprint density at radius 2 is 2.00 bits per heavy atom. The van der Waals surface area contributed by atoms with Crippen LogP contribution in [0.5, 0.6) is 0 Å². The van der Waals surface area contributed by atoms with Crippen molar-refractivity contribution in [1.82, 2.24) is 0 Å². The molecule has 0 spiro atoms. The molecule has 0 radical (unpaired) electrons. The Balaban J connectivity index is 2.33. The van der Waals surface area contributed by atoms with Crippen LogP contribution in [0.3, 0.4) is 0 Å². The van der Waals surface area contributed by atoms with Crippen LogP contribution in [0, 0.1) is 11.8 Å². The molecule has 0 aromatic heterocycles. The largest absolute Gasteiger partial charge is 0.481 e. The zero-order valence-corrected chi connectivity index (χ0v) is 7.11. The first-order valence-electron chi connectivity index (χ1n) is 3.95. The van der Waals surface area contributed by atoms with Crippen LogP contribution in [0.2, 0.25) is 0 Å². The van der Waals surface area contributed by atoms with Gasteiger partial charge in [0, 0.05) is 0 Å². The summed E-state index contributed by atoms with van der Waals surface area (Å²) < 4.78 is 4.85. The molecule has 12 heavy (non-hydrogen) atoms. The Bertz CT molecular complexity index is 209. The van der Waals surface area contributed by atoms with Gasteiger partial charge in [-0.05, 0) is 20.3 Å². The molecule has 0 amide bonds. The van der Waals surface area contributed by atoms with Crippen LogP contribution in [0.1, 0.15) is 20.3 Å². The quantitative estimate of drug-likeness (QED) is 0.635. The Kier molecular flexibility index (Phi) is 2.35. The molecule has 0 unspecified atom stereocenters. The van der Waals surface area contributed by atoms with Crippen LogP contribution in [0.25, 0.3) is 0 Å². The van der Waals surface area contributed by atoms with Crippen LogP contribution in [0.4, 0.5) is 0 Å². The zero-order valence-electron chi connectivity index (χ0n) is 7.11. The second-order valence-corrected chi connectivity index (χ2v) is 3.27. The highest BCUT2D eigenvalue weighted by Gasteiger charge is 2.49. The molecule has 68 valence electrons. The van der Waals surface area contributed by atoms with E-state index in [0.717, 1.165) is 0 Å². The lowest BCUT2D eigenvalue weighted by Crippen LogP contribution is -2.15. The lowest BCUT2D eigenvalue weighted by molar-refractivity contribution is -0.151. The lowest BCUT2D eigenvalue weighted by Gasteiger charge is -2.06. The first kappa shape index (κ1) is 9.03. The van der Waals surface area contributed by atoms with Crippen molar-refractivity contribution in [3.8, 4) is 0 Å². The summed E-state index contributed by atoms with van der Waals surface area (Å²) in [6.07, 6.45) is 0.272. The Hall–Kier alpha value is -1.06. The highest BCUT2D eigenvalue weighted by Crippen LogP contribution is 2.39. The fraction of sp³-hybridized carbons (Fsp3) is 0.750. The topological polar surface area (TPSA) is 63.6 Å². The van der Waals surface area contributed by atoms with Crippen molar-refractivity contribution in [3.05, 3.63) is 0 Å². The second kappa shape index (κ2) is 3.13. The van der Waals surface area contributed by atoms with Gasteiger partial charge >= 0.3 is 11.9 Å². The molecule has 4 nitrogen and oxygen atoms in total. The van der Waals surface area contributed by atoms with Gasteiger partial charge < -0.3 is 9.84 Å². The molecule has 0 heterocycles. The Morgan fingerprint density at radius 1 is 1.42 bits per heavy atom. The predicted molar refractivity (Wildman–Crippen MR) is 40.5 cm³/mol. The van der Waals surface area contributed by atoms with Gasteiger partial charge in [0.15, 0.2) is 0 Å². The molecule has 0 aromatic carbocycles. The van der Waals surface area contributed by atoms with E-state index < -0.39 is 17.8 Å². The molecule has 2 atom stereocenters. The molecule has 1 N–H and O–H groups in total. The van der Waals surface area contributed by atoms with Gasteiger partial charge in [-0.25, -0.2) is 0 Å². The second-order valence-electron chi connectivity index (χ2n) is 3.27. The number of carboxylic acids is 1. The Labute approximate surface area is 70.5 Å². The summed E-state index contributed by atoms with van der Waals surface area (Å²) in [6.45, 7) is 3.49. The fourth-order valence-electron chi connectivity index (χ4n) is 1.05. The Morgan fingerprint density at radius 3 is 2.33 bits per heavy atom. The summed E-state index contributed by atoms with van der Waals surface area (Å²) in [5.74, 6) is -2.18. The maximum Gasteiger partial charge on any atom is 0.310 e. The van der Waals surface area contributed by atoms with Crippen LogP contribution < -0.4 is 0 Å². The minimum Gasteiger partial charge on any atom is -0.481 e. The molecule has 1 aliphatic carbocycles. The number of carbonyl (C=O) groups excluding carboxylic acids is 1. The van der Waals surface area contributed by atoms with Gasteiger partial charge in [-0.15, -0.1) is 0 Å². The van der Waals surface area contributed by atoms with Crippen molar-refractivity contribution in [2.45, 2.75) is 26.4 Å². The third-order valence-corrected chi connectivity index (χ3v) is 1.76. The fourth-order valence-corrected chi connectivity index (χ4v) is 1.05. The highest BCUT2D eigenvalue weighted by atomic mass is 16.5. The van der Waals surface area contributed by atoms with E-state index in [1.165, 1.54) is 0 Å². The molecule has 1 rings (SSSR count). The molecule has 0 aliphatic heterocycles. The molecule has 1 saturated carbocycles. The lowest BCUT2D eigenvalue weighted by atomic mass is 10.3. The van der Waals surface area contributed by atoms with Gasteiger partial charge in [0.1, 0.15) is 0 Å². The number of carboxylic acid groups (broad SMARTS) is 1. The highest BCUT2D eigenvalue weighted by molar-refractivity contribution is 5.86. The van der Waals surface area contributed by atoms with E-state index in [1.807, 2.05) is 0 Å². The van der Waals surface area contributed by atoms with Crippen molar-refractivity contribution in [1.29, 1.82) is 0 Å². The van der Waals surface area contributed by atoms with Crippen LogP contribution >= 0.6 is 0 Å². The predicted octanol–water partition coefficient (Wildman–Crippen LogP) is 0.659. The molecule has 4 heteroatoms. The van der Waals surface area contributed by atoms with E-state index >= 15 is 0 Å². The maximum absolute atomic E-state index is 11.0. The smallest absolute Gasteiger partial charge is 0.310 e. The van der Waals surface area contributed by atoms with Gasteiger partial charge in [0.25, 0.3) is 0 Å². The normalized spacial score (nSPS) is 26.9. The van der Waals surface area contributed by atoms with Crippen molar-refractivity contribution in [3.63, 3.8) is 0 Å². The number of aliphatic carboxylic acids is 1.